The largest absolute Gasteiger partial charge is 0.421 e. The minimum absolute atomic E-state index is 0.231. The summed E-state index contributed by atoms with van der Waals surface area (Å²) in [7, 11) is -4.16. The molecule has 1 rings (SSSR count). The van der Waals surface area contributed by atoms with Crippen molar-refractivity contribution in [3.63, 3.8) is 0 Å². The lowest BCUT2D eigenvalue weighted by atomic mass is 9.91. The van der Waals surface area contributed by atoms with Crippen LogP contribution in [0.25, 0.3) is 0 Å². The third-order valence-electron chi connectivity index (χ3n) is 3.18. The summed E-state index contributed by atoms with van der Waals surface area (Å²) < 4.78 is 76.3. The number of rotatable bonds is 3. The van der Waals surface area contributed by atoms with E-state index in [-0.39, 0.29) is 11.5 Å². The van der Waals surface area contributed by atoms with Crippen LogP contribution >= 0.6 is 0 Å². The van der Waals surface area contributed by atoms with Crippen LogP contribution in [0.1, 0.15) is 37.8 Å². The number of hydrogen-bond acceptors (Lipinski definition) is 3. The Morgan fingerprint density at radius 1 is 1.19 bits per heavy atom. The maximum absolute atomic E-state index is 14.1. The van der Waals surface area contributed by atoms with Gasteiger partial charge in [0, 0.05) is 11.8 Å². The highest BCUT2D eigenvalue weighted by molar-refractivity contribution is 7.90. The molecule has 1 N–H and O–H groups in total. The lowest BCUT2D eigenvalue weighted by Crippen LogP contribution is -2.41. The highest BCUT2D eigenvalue weighted by atomic mass is 32.2. The molecule has 0 saturated carbocycles. The minimum Gasteiger partial charge on any atom is -0.376 e. The first-order valence-electron chi connectivity index (χ1n) is 6.02. The number of aliphatic hydroxyl groups is 1. The second-order valence-corrected chi connectivity index (χ2v) is 7.36. The summed E-state index contributed by atoms with van der Waals surface area (Å²) in [6.07, 6.45) is -4.55. The minimum atomic E-state index is -5.22. The lowest BCUT2D eigenvalue weighted by molar-refractivity contribution is -0.260. The van der Waals surface area contributed by atoms with Gasteiger partial charge in [0.25, 0.3) is 0 Å². The molecule has 0 amide bonds. The Morgan fingerprint density at radius 3 is 2.00 bits per heavy atom. The first-order chi connectivity index (χ1) is 9.19. The van der Waals surface area contributed by atoms with Gasteiger partial charge in [-0.05, 0) is 30.5 Å². The van der Waals surface area contributed by atoms with E-state index in [4.69, 9.17) is 0 Å². The van der Waals surface area contributed by atoms with E-state index in [2.05, 4.69) is 0 Å². The Balaban J connectivity index is 3.83. The van der Waals surface area contributed by atoms with E-state index in [9.17, 15) is 31.1 Å². The molecular formula is C13H16F4O3S. The van der Waals surface area contributed by atoms with E-state index in [0.717, 1.165) is 12.1 Å². The van der Waals surface area contributed by atoms with Gasteiger partial charge in [0.2, 0.25) is 0 Å². The molecular weight excluding hydrogens is 312 g/mol. The summed E-state index contributed by atoms with van der Waals surface area (Å²) >= 11 is 0. The molecule has 0 heterocycles. The zero-order valence-corrected chi connectivity index (χ0v) is 12.7. The molecule has 21 heavy (non-hydrogen) atoms. The van der Waals surface area contributed by atoms with Crippen LogP contribution in [0.4, 0.5) is 17.6 Å². The van der Waals surface area contributed by atoms with Crippen LogP contribution in [0, 0.1) is 5.82 Å². The van der Waals surface area contributed by atoms with Gasteiger partial charge in [0.05, 0.1) is 4.90 Å². The normalized spacial score (nSPS) is 16.1. The average molecular weight is 328 g/mol. The molecule has 0 spiro atoms. The Hall–Kier alpha value is -1.15. The number of hydrogen-bond donors (Lipinski definition) is 1. The van der Waals surface area contributed by atoms with Crippen molar-refractivity contribution in [3.05, 3.63) is 29.1 Å². The fourth-order valence-corrected chi connectivity index (χ4v) is 2.86. The molecule has 0 saturated heterocycles. The van der Waals surface area contributed by atoms with Gasteiger partial charge in [-0.15, -0.1) is 0 Å². The molecule has 8 heteroatoms. The van der Waals surface area contributed by atoms with Crippen molar-refractivity contribution in [3.8, 4) is 0 Å². The first kappa shape index (κ1) is 17.9. The number of alkyl halides is 3. The standard InChI is InChI=1S/C13H16F4O3S/c1-7(2)8-5-9(14)11(10(6-8)21(4,19)20)12(3,18)13(15,16)17/h5-7,18H,1-4H3. The average Bonchev–Trinajstić information content (AvgIpc) is 2.24. The third kappa shape index (κ3) is 3.37. The van der Waals surface area contributed by atoms with Crippen molar-refractivity contribution < 1.29 is 31.1 Å². The fourth-order valence-electron chi connectivity index (χ4n) is 1.84. The third-order valence-corrected chi connectivity index (χ3v) is 4.30. The van der Waals surface area contributed by atoms with Crippen LogP contribution in [0.15, 0.2) is 17.0 Å². The number of sulfone groups is 1. The van der Waals surface area contributed by atoms with Gasteiger partial charge in [0.15, 0.2) is 15.4 Å². The van der Waals surface area contributed by atoms with Crippen molar-refractivity contribution in [1.29, 1.82) is 0 Å². The second kappa shape index (κ2) is 5.24. The molecule has 0 aliphatic carbocycles. The second-order valence-electron chi connectivity index (χ2n) is 5.37. The fraction of sp³-hybridized carbons (Fsp3) is 0.538. The van der Waals surface area contributed by atoms with E-state index in [1.54, 1.807) is 13.8 Å². The van der Waals surface area contributed by atoms with Crippen LogP contribution in [-0.4, -0.2) is 26.0 Å². The van der Waals surface area contributed by atoms with Gasteiger partial charge in [-0.3, -0.25) is 0 Å². The Labute approximate surface area is 120 Å². The molecule has 3 nitrogen and oxygen atoms in total. The van der Waals surface area contributed by atoms with Crippen molar-refractivity contribution in [2.45, 2.75) is 43.4 Å². The molecule has 0 aromatic heterocycles. The summed E-state index contributed by atoms with van der Waals surface area (Å²) in [5.41, 5.74) is -4.65. The molecule has 0 aliphatic heterocycles. The summed E-state index contributed by atoms with van der Waals surface area (Å²) in [6, 6.07) is 1.79. The Kier molecular flexibility index (Phi) is 4.47. The molecule has 0 bridgehead atoms. The molecule has 1 atom stereocenters. The van der Waals surface area contributed by atoms with Crippen molar-refractivity contribution in [2.75, 3.05) is 6.26 Å². The maximum Gasteiger partial charge on any atom is 0.421 e. The zero-order valence-electron chi connectivity index (χ0n) is 11.9. The molecule has 1 unspecified atom stereocenters. The monoisotopic (exact) mass is 328 g/mol. The summed E-state index contributed by atoms with van der Waals surface area (Å²) in [6.45, 7) is 3.61. The van der Waals surface area contributed by atoms with E-state index in [0.29, 0.717) is 13.2 Å². The number of halogens is 4. The topological polar surface area (TPSA) is 54.4 Å². The van der Waals surface area contributed by atoms with Crippen molar-refractivity contribution in [2.24, 2.45) is 0 Å². The molecule has 1 aromatic carbocycles. The quantitative estimate of drug-likeness (QED) is 0.868. The van der Waals surface area contributed by atoms with E-state index in [1.807, 2.05) is 0 Å². The van der Waals surface area contributed by atoms with Crippen molar-refractivity contribution >= 4 is 9.84 Å². The number of benzene rings is 1. The highest BCUT2D eigenvalue weighted by Gasteiger charge is 2.54. The lowest BCUT2D eigenvalue weighted by Gasteiger charge is -2.29. The maximum atomic E-state index is 14.1. The molecule has 0 aliphatic rings. The van der Waals surface area contributed by atoms with Gasteiger partial charge in [-0.1, -0.05) is 13.8 Å². The van der Waals surface area contributed by atoms with Gasteiger partial charge >= 0.3 is 6.18 Å². The van der Waals surface area contributed by atoms with E-state index >= 15 is 0 Å². The Bertz CT molecular complexity index is 646. The summed E-state index contributed by atoms with van der Waals surface area (Å²) in [5.74, 6) is -1.69. The van der Waals surface area contributed by atoms with Crippen LogP contribution < -0.4 is 0 Å². The van der Waals surface area contributed by atoms with Crippen molar-refractivity contribution in [1.82, 2.24) is 0 Å². The highest BCUT2D eigenvalue weighted by Crippen LogP contribution is 2.43. The summed E-state index contributed by atoms with van der Waals surface area (Å²) in [5, 5.41) is 9.65. The van der Waals surface area contributed by atoms with Gasteiger partial charge < -0.3 is 5.11 Å². The van der Waals surface area contributed by atoms with E-state index < -0.39 is 37.9 Å². The van der Waals surface area contributed by atoms with Crippen LogP contribution in [0.5, 0.6) is 0 Å². The summed E-state index contributed by atoms with van der Waals surface area (Å²) in [4.78, 5) is -0.853. The molecule has 0 fully saturated rings. The van der Waals surface area contributed by atoms with Crippen LogP contribution in [0.3, 0.4) is 0 Å². The predicted octanol–water partition coefficient (Wildman–Crippen LogP) is 3.12. The van der Waals surface area contributed by atoms with Crippen LogP contribution in [0.2, 0.25) is 0 Å². The van der Waals surface area contributed by atoms with Gasteiger partial charge in [-0.25, -0.2) is 12.8 Å². The predicted molar refractivity (Wildman–Crippen MR) is 69.2 cm³/mol. The van der Waals surface area contributed by atoms with E-state index in [1.165, 1.54) is 0 Å². The Morgan fingerprint density at radius 2 is 1.67 bits per heavy atom. The first-order valence-corrected chi connectivity index (χ1v) is 7.91. The molecule has 120 valence electrons. The van der Waals surface area contributed by atoms with Crippen LogP contribution in [-0.2, 0) is 15.4 Å². The van der Waals surface area contributed by atoms with Gasteiger partial charge in [-0.2, -0.15) is 13.2 Å². The SMILES string of the molecule is CC(C)c1cc(F)c(C(C)(O)C(F)(F)F)c(S(C)(=O)=O)c1. The zero-order chi connectivity index (χ0) is 16.8. The van der Waals surface area contributed by atoms with Gasteiger partial charge in [0.1, 0.15) is 5.82 Å². The molecule has 0 radical (unpaired) electrons. The smallest absolute Gasteiger partial charge is 0.376 e. The molecule has 1 aromatic rings.